The van der Waals surface area contributed by atoms with Crippen molar-refractivity contribution >= 4 is 28.8 Å². The number of aromatic nitrogens is 5. The summed E-state index contributed by atoms with van der Waals surface area (Å²) in [5.41, 5.74) is 8.09. The van der Waals surface area contributed by atoms with Gasteiger partial charge in [-0.3, -0.25) is 0 Å². The molecule has 27 heavy (non-hydrogen) atoms. The Labute approximate surface area is 164 Å². The van der Waals surface area contributed by atoms with E-state index in [1.54, 1.807) is 31.6 Å². The molecule has 0 unspecified atom stereocenters. The highest BCUT2D eigenvalue weighted by Crippen LogP contribution is 2.31. The van der Waals surface area contributed by atoms with Gasteiger partial charge >= 0.3 is 0 Å². The number of nitrogen functional groups attached to an aromatic ring is 1. The molecule has 9 heteroatoms. The number of pyridine rings is 1. The van der Waals surface area contributed by atoms with Crippen LogP contribution >= 0.6 is 22.9 Å². The van der Waals surface area contributed by atoms with E-state index in [4.69, 9.17) is 22.1 Å². The summed E-state index contributed by atoms with van der Waals surface area (Å²) in [7, 11) is 1.65. The van der Waals surface area contributed by atoms with E-state index in [9.17, 15) is 0 Å². The van der Waals surface area contributed by atoms with Crippen molar-refractivity contribution in [1.29, 1.82) is 0 Å². The van der Waals surface area contributed by atoms with Crippen molar-refractivity contribution in [3.05, 3.63) is 64.4 Å². The average Bonchev–Trinajstić information content (AvgIpc) is 3.29. The first-order valence-electron chi connectivity index (χ1n) is 8.06. The molecule has 0 saturated heterocycles. The zero-order valence-corrected chi connectivity index (χ0v) is 15.9. The summed E-state index contributed by atoms with van der Waals surface area (Å²) in [5, 5.41) is 14.9. The van der Waals surface area contributed by atoms with Crippen molar-refractivity contribution in [1.82, 2.24) is 25.0 Å². The van der Waals surface area contributed by atoms with Crippen molar-refractivity contribution in [2.45, 2.75) is 6.42 Å². The summed E-state index contributed by atoms with van der Waals surface area (Å²) in [6, 6.07) is 11.4. The molecule has 3 aromatic heterocycles. The molecular formula is C18H15ClN6OS. The number of ether oxygens (including phenoxy) is 1. The van der Waals surface area contributed by atoms with Crippen LogP contribution in [0.4, 0.5) is 5.82 Å². The van der Waals surface area contributed by atoms with E-state index in [0.717, 1.165) is 16.3 Å². The number of nitrogens with zero attached hydrogens (tertiary/aromatic N) is 5. The van der Waals surface area contributed by atoms with Gasteiger partial charge in [-0.15, -0.1) is 10.2 Å². The lowest BCUT2D eigenvalue weighted by Crippen LogP contribution is -2.04. The molecule has 2 N–H and O–H groups in total. The number of nitrogens with two attached hydrogens (primary N) is 1. The molecule has 4 rings (SSSR count). The molecule has 0 amide bonds. The normalized spacial score (nSPS) is 10.9. The van der Waals surface area contributed by atoms with Gasteiger partial charge in [-0.1, -0.05) is 35.1 Å². The van der Waals surface area contributed by atoms with E-state index in [1.807, 2.05) is 24.3 Å². The molecule has 4 aromatic rings. The van der Waals surface area contributed by atoms with Gasteiger partial charge in [0.2, 0.25) is 0 Å². The Morgan fingerprint density at radius 3 is 2.74 bits per heavy atom. The maximum Gasteiger partial charge on any atom is 0.174 e. The fourth-order valence-electron chi connectivity index (χ4n) is 2.58. The molecule has 7 nitrogen and oxygen atoms in total. The molecule has 0 bridgehead atoms. The van der Waals surface area contributed by atoms with E-state index in [-0.39, 0.29) is 0 Å². The highest BCUT2D eigenvalue weighted by atomic mass is 35.5. The molecule has 0 saturated carbocycles. The first-order valence-corrected chi connectivity index (χ1v) is 9.25. The Morgan fingerprint density at radius 2 is 2.00 bits per heavy atom. The highest BCUT2D eigenvalue weighted by molar-refractivity contribution is 7.14. The predicted octanol–water partition coefficient (Wildman–Crippen LogP) is 3.62. The number of benzene rings is 1. The lowest BCUT2D eigenvalue weighted by Gasteiger charge is -2.04. The van der Waals surface area contributed by atoms with Gasteiger partial charge in [-0.2, -0.15) is 9.78 Å². The van der Waals surface area contributed by atoms with Crippen LogP contribution in [0.25, 0.3) is 16.4 Å². The Kier molecular flexibility index (Phi) is 4.74. The molecule has 136 valence electrons. The zero-order chi connectivity index (χ0) is 18.8. The van der Waals surface area contributed by atoms with Crippen molar-refractivity contribution in [2.24, 2.45) is 0 Å². The van der Waals surface area contributed by atoms with Crippen LogP contribution in [0.1, 0.15) is 10.6 Å². The van der Waals surface area contributed by atoms with Gasteiger partial charge in [-0.25, -0.2) is 4.98 Å². The van der Waals surface area contributed by atoms with E-state index in [1.165, 1.54) is 16.0 Å². The number of hydrogen-bond donors (Lipinski definition) is 1. The molecule has 0 atom stereocenters. The van der Waals surface area contributed by atoms with Gasteiger partial charge in [0.25, 0.3) is 0 Å². The van der Waals surface area contributed by atoms with Gasteiger partial charge in [0.05, 0.1) is 23.9 Å². The summed E-state index contributed by atoms with van der Waals surface area (Å²) in [5.74, 6) is 1.72. The number of anilines is 1. The smallest absolute Gasteiger partial charge is 0.174 e. The van der Waals surface area contributed by atoms with Crippen molar-refractivity contribution in [3.63, 3.8) is 0 Å². The molecule has 0 fully saturated rings. The predicted molar refractivity (Wildman–Crippen MR) is 105 cm³/mol. The second-order valence-corrected chi connectivity index (χ2v) is 7.16. The molecule has 0 aliphatic carbocycles. The van der Waals surface area contributed by atoms with E-state index in [2.05, 4.69) is 20.3 Å². The minimum absolute atomic E-state index is 0.419. The molecule has 0 aliphatic heterocycles. The van der Waals surface area contributed by atoms with E-state index in [0.29, 0.717) is 33.7 Å². The Hall–Kier alpha value is -2.97. The molecule has 3 heterocycles. The topological polar surface area (TPSA) is 91.7 Å². The summed E-state index contributed by atoms with van der Waals surface area (Å²) in [6.45, 7) is 0. The van der Waals surface area contributed by atoms with Crippen molar-refractivity contribution in [2.75, 3.05) is 12.8 Å². The lowest BCUT2D eigenvalue weighted by molar-refractivity contribution is 0.414. The van der Waals surface area contributed by atoms with Crippen molar-refractivity contribution in [3.8, 4) is 22.1 Å². The summed E-state index contributed by atoms with van der Waals surface area (Å²) >= 11 is 7.67. The average molecular weight is 399 g/mol. The fourth-order valence-corrected chi connectivity index (χ4v) is 3.67. The minimum Gasteiger partial charge on any atom is -0.497 e. The third-order valence-electron chi connectivity index (χ3n) is 3.96. The monoisotopic (exact) mass is 398 g/mol. The first kappa shape index (κ1) is 17.4. The zero-order valence-electron chi connectivity index (χ0n) is 14.3. The fraction of sp³-hybridized carbons (Fsp3) is 0.111. The van der Waals surface area contributed by atoms with Crippen LogP contribution in [-0.2, 0) is 6.42 Å². The first-order chi connectivity index (χ1) is 13.2. The largest absolute Gasteiger partial charge is 0.497 e. The van der Waals surface area contributed by atoms with Crippen LogP contribution in [0.3, 0.4) is 0 Å². The lowest BCUT2D eigenvalue weighted by atomic mass is 10.1. The van der Waals surface area contributed by atoms with Gasteiger partial charge in [0, 0.05) is 12.6 Å². The van der Waals surface area contributed by atoms with Gasteiger partial charge in [0.15, 0.2) is 10.8 Å². The SMILES string of the molecule is COc1ccc(Cc2nnc(-c3cnn(-c4ncccc4Cl)c3N)s2)cc1. The van der Waals surface area contributed by atoms with Crippen molar-refractivity contribution < 1.29 is 4.74 Å². The van der Waals surface area contributed by atoms with Crippen LogP contribution in [-0.4, -0.2) is 32.1 Å². The second-order valence-electron chi connectivity index (χ2n) is 5.69. The third-order valence-corrected chi connectivity index (χ3v) is 5.21. The van der Waals surface area contributed by atoms with E-state index < -0.39 is 0 Å². The molecular weight excluding hydrogens is 384 g/mol. The van der Waals surface area contributed by atoms with Gasteiger partial charge in [-0.05, 0) is 29.8 Å². The van der Waals surface area contributed by atoms with Crippen LogP contribution in [0.15, 0.2) is 48.8 Å². The summed E-state index contributed by atoms with van der Waals surface area (Å²) in [4.78, 5) is 4.24. The van der Waals surface area contributed by atoms with Crippen LogP contribution in [0.5, 0.6) is 5.75 Å². The van der Waals surface area contributed by atoms with Gasteiger partial charge < -0.3 is 10.5 Å². The molecule has 1 aromatic carbocycles. The van der Waals surface area contributed by atoms with Crippen LogP contribution in [0, 0.1) is 0 Å². The highest BCUT2D eigenvalue weighted by Gasteiger charge is 2.17. The second kappa shape index (κ2) is 7.34. The third kappa shape index (κ3) is 3.49. The van der Waals surface area contributed by atoms with Crippen LogP contribution in [0.2, 0.25) is 5.02 Å². The molecule has 0 spiro atoms. The summed E-state index contributed by atoms with van der Waals surface area (Å²) < 4.78 is 6.68. The number of hydrogen-bond acceptors (Lipinski definition) is 7. The Morgan fingerprint density at radius 1 is 1.19 bits per heavy atom. The van der Waals surface area contributed by atoms with E-state index >= 15 is 0 Å². The molecule has 0 aliphatic rings. The Balaban J connectivity index is 1.59. The van der Waals surface area contributed by atoms with Gasteiger partial charge in [0.1, 0.15) is 16.6 Å². The number of halogens is 1. The maximum atomic E-state index is 6.26. The minimum atomic E-state index is 0.419. The number of rotatable bonds is 5. The quantitative estimate of drug-likeness (QED) is 0.552. The molecule has 0 radical (unpaired) electrons. The Bertz CT molecular complexity index is 1080. The number of methoxy groups -OCH3 is 1. The summed E-state index contributed by atoms with van der Waals surface area (Å²) in [6.07, 6.45) is 3.97. The van der Waals surface area contributed by atoms with Crippen LogP contribution < -0.4 is 10.5 Å². The standard InChI is InChI=1S/C18H15ClN6OS/c1-26-12-6-4-11(5-7-12)9-15-23-24-18(27-15)13-10-22-25(16(13)20)17-14(19)3-2-8-21-17/h2-8,10H,9,20H2,1H3. The maximum absolute atomic E-state index is 6.26.